The summed E-state index contributed by atoms with van der Waals surface area (Å²) in [5.41, 5.74) is 6.62. The number of pyridine rings is 1. The second-order valence-electron chi connectivity index (χ2n) is 4.02. The molecule has 0 aliphatic rings. The predicted molar refractivity (Wildman–Crippen MR) is 72.6 cm³/mol. The third-order valence-corrected chi connectivity index (χ3v) is 3.67. The molecule has 6 heteroatoms. The smallest absolute Gasteiger partial charge is 0.143 e. The summed E-state index contributed by atoms with van der Waals surface area (Å²) < 4.78 is 0.967. The largest absolute Gasteiger partial charge is 0.409 e. The summed E-state index contributed by atoms with van der Waals surface area (Å²) in [6.07, 6.45) is 2.25. The number of nitrogens with two attached hydrogens (primary N) is 1. The maximum Gasteiger partial charge on any atom is 0.143 e. The van der Waals surface area contributed by atoms with E-state index in [1.165, 1.54) is 0 Å². The van der Waals surface area contributed by atoms with E-state index in [9.17, 15) is 0 Å². The van der Waals surface area contributed by atoms with Crippen LogP contribution in [0.5, 0.6) is 0 Å². The first kappa shape index (κ1) is 13.8. The summed E-state index contributed by atoms with van der Waals surface area (Å²) in [4.78, 5) is 6.32. The zero-order chi connectivity index (χ0) is 13.0. The molecule has 1 aromatic rings. The quantitative estimate of drug-likeness (QED) is 0.386. The summed E-state index contributed by atoms with van der Waals surface area (Å²) in [5.74, 6) is 1.07. The Balaban J connectivity index is 2.89. The van der Waals surface area contributed by atoms with Crippen LogP contribution >= 0.6 is 15.9 Å². The maximum absolute atomic E-state index is 8.55. The van der Waals surface area contributed by atoms with Crippen molar-refractivity contribution in [3.05, 3.63) is 22.3 Å². The highest BCUT2D eigenvalue weighted by Gasteiger charge is 2.16. The molecule has 1 heterocycles. The van der Waals surface area contributed by atoms with Crippen LogP contribution in [0.15, 0.2) is 21.9 Å². The maximum atomic E-state index is 8.55. The zero-order valence-electron chi connectivity index (χ0n) is 10.2. The van der Waals surface area contributed by atoms with E-state index in [0.29, 0.717) is 6.42 Å². The van der Waals surface area contributed by atoms with Crippen LogP contribution in [0.25, 0.3) is 0 Å². The van der Waals surface area contributed by atoms with Crippen LogP contribution in [0.1, 0.15) is 18.9 Å². The van der Waals surface area contributed by atoms with Gasteiger partial charge in [-0.15, -0.1) is 0 Å². The van der Waals surface area contributed by atoms with Crippen LogP contribution in [0.3, 0.4) is 0 Å². The number of oxime groups is 1. The van der Waals surface area contributed by atoms with Crippen molar-refractivity contribution in [2.75, 3.05) is 11.9 Å². The summed E-state index contributed by atoms with van der Waals surface area (Å²) in [7, 11) is 1.93. The van der Waals surface area contributed by atoms with Gasteiger partial charge in [-0.2, -0.15) is 0 Å². The minimum Gasteiger partial charge on any atom is -0.409 e. The number of hydrogen-bond acceptors (Lipinski definition) is 4. The number of aromatic nitrogens is 1. The van der Waals surface area contributed by atoms with Gasteiger partial charge in [0.05, 0.1) is 4.47 Å². The second-order valence-corrected chi connectivity index (χ2v) is 4.81. The predicted octanol–water partition coefficient (Wildman–Crippen LogP) is 2.11. The molecule has 94 valence electrons. The molecular formula is C11H17BrN4O. The Labute approximate surface area is 109 Å². The van der Waals surface area contributed by atoms with Crippen molar-refractivity contribution in [2.45, 2.75) is 26.3 Å². The normalized spacial score (nSPS) is 13.5. The first-order valence-electron chi connectivity index (χ1n) is 5.27. The van der Waals surface area contributed by atoms with E-state index in [4.69, 9.17) is 10.9 Å². The number of halogens is 1. The molecule has 5 nitrogen and oxygen atoms in total. The SMILES string of the molecule is Cc1ccnc(N(C)C(C)C/C(N)=N/O)c1Br. The second kappa shape index (κ2) is 5.86. The molecule has 3 N–H and O–H groups in total. The number of anilines is 1. The molecule has 0 saturated carbocycles. The molecule has 0 aliphatic carbocycles. The monoisotopic (exact) mass is 300 g/mol. The van der Waals surface area contributed by atoms with Gasteiger partial charge in [-0.1, -0.05) is 5.16 Å². The third kappa shape index (κ3) is 3.33. The Morgan fingerprint density at radius 1 is 1.71 bits per heavy atom. The number of rotatable bonds is 4. The lowest BCUT2D eigenvalue weighted by atomic mass is 10.2. The minimum atomic E-state index is 0.0940. The molecule has 0 spiro atoms. The number of aryl methyl sites for hydroxylation is 1. The van der Waals surface area contributed by atoms with Crippen molar-refractivity contribution >= 4 is 27.6 Å². The minimum absolute atomic E-state index is 0.0940. The fraction of sp³-hybridized carbons (Fsp3) is 0.455. The standard InChI is InChI=1S/C11H17BrN4O/c1-7-4-5-14-11(10(7)12)16(3)8(2)6-9(13)15-17/h4-5,8,17H,6H2,1-3H3,(H2,13,15). The highest BCUT2D eigenvalue weighted by atomic mass is 79.9. The topological polar surface area (TPSA) is 74.7 Å². The molecular weight excluding hydrogens is 284 g/mol. The van der Waals surface area contributed by atoms with Gasteiger partial charge in [0.25, 0.3) is 0 Å². The molecule has 0 aromatic carbocycles. The summed E-state index contributed by atoms with van der Waals surface area (Å²) in [6, 6.07) is 2.03. The van der Waals surface area contributed by atoms with Crippen LogP contribution in [-0.4, -0.2) is 29.1 Å². The summed E-state index contributed by atoms with van der Waals surface area (Å²) in [5, 5.41) is 11.5. The molecule has 1 aromatic heterocycles. The molecule has 0 saturated heterocycles. The van der Waals surface area contributed by atoms with Crippen molar-refractivity contribution in [2.24, 2.45) is 10.9 Å². The lowest BCUT2D eigenvalue weighted by Crippen LogP contribution is -2.34. The van der Waals surface area contributed by atoms with Crippen molar-refractivity contribution in [1.82, 2.24) is 4.98 Å². The van der Waals surface area contributed by atoms with Gasteiger partial charge in [-0.05, 0) is 41.4 Å². The van der Waals surface area contributed by atoms with Gasteiger partial charge in [0.1, 0.15) is 11.7 Å². The Morgan fingerprint density at radius 3 is 2.94 bits per heavy atom. The lowest BCUT2D eigenvalue weighted by molar-refractivity contribution is 0.316. The van der Waals surface area contributed by atoms with E-state index in [-0.39, 0.29) is 11.9 Å². The van der Waals surface area contributed by atoms with E-state index in [1.54, 1.807) is 6.20 Å². The highest BCUT2D eigenvalue weighted by molar-refractivity contribution is 9.10. The van der Waals surface area contributed by atoms with E-state index in [1.807, 2.05) is 31.9 Å². The molecule has 17 heavy (non-hydrogen) atoms. The van der Waals surface area contributed by atoms with Gasteiger partial charge in [0.2, 0.25) is 0 Å². The Hall–Kier alpha value is -1.30. The lowest BCUT2D eigenvalue weighted by Gasteiger charge is -2.26. The van der Waals surface area contributed by atoms with Crippen LogP contribution < -0.4 is 10.6 Å². The van der Waals surface area contributed by atoms with Crippen LogP contribution in [0.4, 0.5) is 5.82 Å². The first-order chi connectivity index (χ1) is 7.97. The summed E-state index contributed by atoms with van der Waals surface area (Å²) >= 11 is 3.52. The number of nitrogens with zero attached hydrogens (tertiary/aromatic N) is 3. The molecule has 0 fully saturated rings. The fourth-order valence-corrected chi connectivity index (χ4v) is 1.98. The van der Waals surface area contributed by atoms with E-state index < -0.39 is 0 Å². The van der Waals surface area contributed by atoms with Gasteiger partial charge in [-0.3, -0.25) is 0 Å². The first-order valence-corrected chi connectivity index (χ1v) is 6.07. The molecule has 1 rings (SSSR count). The van der Waals surface area contributed by atoms with E-state index in [2.05, 4.69) is 26.1 Å². The highest BCUT2D eigenvalue weighted by Crippen LogP contribution is 2.27. The van der Waals surface area contributed by atoms with E-state index in [0.717, 1.165) is 15.9 Å². The number of amidine groups is 1. The molecule has 0 bridgehead atoms. The average molecular weight is 301 g/mol. The van der Waals surface area contributed by atoms with Gasteiger partial charge in [0, 0.05) is 25.7 Å². The van der Waals surface area contributed by atoms with Crippen LogP contribution in [-0.2, 0) is 0 Å². The van der Waals surface area contributed by atoms with Gasteiger partial charge < -0.3 is 15.8 Å². The summed E-state index contributed by atoms with van der Waals surface area (Å²) in [6.45, 7) is 4.01. The van der Waals surface area contributed by atoms with Crippen molar-refractivity contribution in [3.63, 3.8) is 0 Å². The zero-order valence-corrected chi connectivity index (χ0v) is 11.8. The third-order valence-electron chi connectivity index (χ3n) is 2.69. The molecule has 0 aliphatic heterocycles. The average Bonchev–Trinajstić information content (AvgIpc) is 2.31. The Morgan fingerprint density at radius 2 is 2.35 bits per heavy atom. The molecule has 1 unspecified atom stereocenters. The van der Waals surface area contributed by atoms with Crippen LogP contribution in [0.2, 0.25) is 0 Å². The van der Waals surface area contributed by atoms with Gasteiger partial charge in [-0.25, -0.2) is 4.98 Å². The van der Waals surface area contributed by atoms with Crippen molar-refractivity contribution in [1.29, 1.82) is 0 Å². The number of hydrogen-bond donors (Lipinski definition) is 2. The molecule has 0 amide bonds. The van der Waals surface area contributed by atoms with Gasteiger partial charge >= 0.3 is 0 Å². The Bertz CT molecular complexity index is 422. The van der Waals surface area contributed by atoms with E-state index >= 15 is 0 Å². The van der Waals surface area contributed by atoms with Gasteiger partial charge in [0.15, 0.2) is 0 Å². The van der Waals surface area contributed by atoms with Crippen LogP contribution in [0, 0.1) is 6.92 Å². The fourth-order valence-electron chi connectivity index (χ4n) is 1.46. The Kier molecular flexibility index (Phi) is 4.74. The van der Waals surface area contributed by atoms with Crippen molar-refractivity contribution < 1.29 is 5.21 Å². The molecule has 0 radical (unpaired) electrons. The van der Waals surface area contributed by atoms with Crippen molar-refractivity contribution in [3.8, 4) is 0 Å². The molecule has 1 atom stereocenters.